The van der Waals surface area contributed by atoms with Crippen molar-refractivity contribution in [1.29, 1.82) is 0 Å². The Hall–Kier alpha value is -3.52. The summed E-state index contributed by atoms with van der Waals surface area (Å²) < 4.78 is 45.8. The molecule has 0 bridgehead atoms. The van der Waals surface area contributed by atoms with Gasteiger partial charge in [-0.15, -0.1) is 0 Å². The molecule has 0 saturated carbocycles. The Labute approximate surface area is 221 Å². The molecule has 0 aliphatic carbocycles. The van der Waals surface area contributed by atoms with Crippen LogP contribution in [0.5, 0.6) is 5.75 Å². The maximum absolute atomic E-state index is 13.5. The first kappa shape index (κ1) is 26.1. The maximum Gasteiger partial charge on any atom is 0.416 e. The Morgan fingerprint density at radius 1 is 0.895 bits per heavy atom. The van der Waals surface area contributed by atoms with E-state index in [-0.39, 0.29) is 17.7 Å². The van der Waals surface area contributed by atoms with Crippen molar-refractivity contribution in [2.45, 2.75) is 12.1 Å². The molecular formula is C30H32F3N3O2. The average Bonchev–Trinajstić information content (AvgIpc) is 3.37. The summed E-state index contributed by atoms with van der Waals surface area (Å²) in [5, 5.41) is 0. The van der Waals surface area contributed by atoms with E-state index in [1.54, 1.807) is 30.2 Å². The minimum atomic E-state index is -4.40. The normalized spacial score (nSPS) is 20.5. The molecule has 5 nitrogen and oxygen atoms in total. The second kappa shape index (κ2) is 11.1. The monoisotopic (exact) mass is 523 g/mol. The molecule has 1 amide bonds. The van der Waals surface area contributed by atoms with Crippen LogP contribution in [0.15, 0.2) is 78.9 Å². The van der Waals surface area contributed by atoms with Crippen molar-refractivity contribution in [3.05, 3.63) is 95.6 Å². The number of likely N-dealkylation sites (tertiary alicyclic amines) is 1. The number of halogens is 3. The van der Waals surface area contributed by atoms with Gasteiger partial charge in [-0.3, -0.25) is 9.69 Å². The van der Waals surface area contributed by atoms with Crippen molar-refractivity contribution >= 4 is 11.6 Å². The quantitative estimate of drug-likeness (QED) is 0.434. The van der Waals surface area contributed by atoms with E-state index < -0.39 is 11.7 Å². The lowest BCUT2D eigenvalue weighted by atomic mass is 9.87. The number of hydrogen-bond donors (Lipinski definition) is 0. The summed E-state index contributed by atoms with van der Waals surface area (Å²) in [6.45, 7) is 5.03. The van der Waals surface area contributed by atoms with Gasteiger partial charge in [0.2, 0.25) is 0 Å². The van der Waals surface area contributed by atoms with E-state index in [1.165, 1.54) is 12.1 Å². The molecular weight excluding hydrogens is 491 g/mol. The van der Waals surface area contributed by atoms with Gasteiger partial charge >= 0.3 is 6.18 Å². The number of amides is 1. The van der Waals surface area contributed by atoms with Crippen molar-refractivity contribution in [3.8, 4) is 5.75 Å². The van der Waals surface area contributed by atoms with Crippen LogP contribution >= 0.6 is 0 Å². The number of alkyl halides is 3. The summed E-state index contributed by atoms with van der Waals surface area (Å²) >= 11 is 0. The molecule has 0 unspecified atom stereocenters. The van der Waals surface area contributed by atoms with Crippen molar-refractivity contribution in [3.63, 3.8) is 0 Å². The van der Waals surface area contributed by atoms with Crippen LogP contribution < -0.4 is 9.64 Å². The van der Waals surface area contributed by atoms with E-state index in [0.717, 1.165) is 50.2 Å². The highest BCUT2D eigenvalue weighted by Crippen LogP contribution is 2.37. The predicted molar refractivity (Wildman–Crippen MR) is 142 cm³/mol. The van der Waals surface area contributed by atoms with Gasteiger partial charge in [0.25, 0.3) is 5.91 Å². The number of carbonyl (C=O) groups is 1. The minimum Gasteiger partial charge on any atom is -0.497 e. The van der Waals surface area contributed by atoms with Crippen LogP contribution in [0, 0.1) is 5.92 Å². The van der Waals surface area contributed by atoms with E-state index >= 15 is 0 Å². The van der Waals surface area contributed by atoms with Crippen LogP contribution in [0.25, 0.3) is 0 Å². The van der Waals surface area contributed by atoms with E-state index in [4.69, 9.17) is 4.74 Å². The van der Waals surface area contributed by atoms with Crippen LogP contribution in [-0.2, 0) is 6.18 Å². The van der Waals surface area contributed by atoms with Gasteiger partial charge in [-0.2, -0.15) is 13.2 Å². The minimum absolute atomic E-state index is 0.0366. The Morgan fingerprint density at radius 3 is 2.34 bits per heavy atom. The van der Waals surface area contributed by atoms with Gasteiger partial charge in [0.1, 0.15) is 5.75 Å². The number of methoxy groups -OCH3 is 1. The molecule has 38 heavy (non-hydrogen) atoms. The lowest BCUT2D eigenvalue weighted by Gasteiger charge is -2.38. The Balaban J connectivity index is 1.32. The smallest absolute Gasteiger partial charge is 0.416 e. The summed E-state index contributed by atoms with van der Waals surface area (Å²) in [5.74, 6) is 0.617. The lowest BCUT2D eigenvalue weighted by Crippen LogP contribution is -2.48. The molecule has 2 atom stereocenters. The van der Waals surface area contributed by atoms with Gasteiger partial charge < -0.3 is 14.5 Å². The summed E-state index contributed by atoms with van der Waals surface area (Å²) in [6.07, 6.45) is -4.40. The van der Waals surface area contributed by atoms with Crippen LogP contribution in [-0.4, -0.2) is 68.6 Å². The molecule has 0 N–H and O–H groups in total. The fourth-order valence-corrected chi connectivity index (χ4v) is 5.64. The molecule has 2 aliphatic rings. The second-order valence-corrected chi connectivity index (χ2v) is 10.1. The fraction of sp³-hybridized carbons (Fsp3) is 0.367. The molecule has 200 valence electrons. The SMILES string of the molecule is COc1cccc(N2CCN(C[C@H]3CN(C(=O)c4ccccc4)C[C@@H]3c3cccc(C(F)(F)F)c3)CC2)c1. The van der Waals surface area contributed by atoms with E-state index in [9.17, 15) is 18.0 Å². The van der Waals surface area contributed by atoms with Crippen molar-refractivity contribution < 1.29 is 22.7 Å². The van der Waals surface area contributed by atoms with E-state index in [2.05, 4.69) is 15.9 Å². The summed E-state index contributed by atoms with van der Waals surface area (Å²) in [7, 11) is 1.66. The molecule has 0 aromatic heterocycles. The molecule has 2 aliphatic heterocycles. The first-order chi connectivity index (χ1) is 18.3. The third-order valence-electron chi connectivity index (χ3n) is 7.67. The molecule has 8 heteroatoms. The highest BCUT2D eigenvalue weighted by Gasteiger charge is 2.39. The van der Waals surface area contributed by atoms with Gasteiger partial charge in [-0.1, -0.05) is 42.5 Å². The largest absolute Gasteiger partial charge is 0.497 e. The average molecular weight is 524 g/mol. The Morgan fingerprint density at radius 2 is 1.63 bits per heavy atom. The number of anilines is 1. The summed E-state index contributed by atoms with van der Waals surface area (Å²) in [5.41, 5.74) is 1.71. The zero-order valence-corrected chi connectivity index (χ0v) is 21.4. The van der Waals surface area contributed by atoms with Crippen LogP contribution in [0.4, 0.5) is 18.9 Å². The van der Waals surface area contributed by atoms with Crippen LogP contribution in [0.2, 0.25) is 0 Å². The van der Waals surface area contributed by atoms with Crippen molar-refractivity contribution in [2.24, 2.45) is 5.92 Å². The summed E-state index contributed by atoms with van der Waals surface area (Å²) in [4.78, 5) is 19.8. The number of ether oxygens (including phenoxy) is 1. The highest BCUT2D eigenvalue weighted by atomic mass is 19.4. The molecule has 3 aromatic rings. The molecule has 2 heterocycles. The lowest BCUT2D eigenvalue weighted by molar-refractivity contribution is -0.137. The van der Waals surface area contributed by atoms with Gasteiger partial charge in [-0.05, 0) is 41.8 Å². The number of benzene rings is 3. The molecule has 2 saturated heterocycles. The number of piperazine rings is 1. The zero-order chi connectivity index (χ0) is 26.7. The van der Waals surface area contributed by atoms with Crippen molar-refractivity contribution in [2.75, 3.05) is 57.8 Å². The number of rotatable bonds is 6. The van der Waals surface area contributed by atoms with Gasteiger partial charge in [-0.25, -0.2) is 0 Å². The molecule has 5 rings (SSSR count). The molecule has 2 fully saturated rings. The van der Waals surface area contributed by atoms with Gasteiger partial charge in [0, 0.05) is 69.0 Å². The number of hydrogen-bond acceptors (Lipinski definition) is 4. The summed E-state index contributed by atoms with van der Waals surface area (Å²) in [6, 6.07) is 22.7. The molecule has 0 spiro atoms. The standard InChI is InChI=1S/C30H32F3N3O2/c1-38-27-12-6-11-26(18-27)35-15-13-34(14-16-35)19-24-20-36(29(37)22-7-3-2-4-8-22)21-28(24)23-9-5-10-25(17-23)30(31,32)33/h2-12,17-18,24,28H,13-16,19-21H2,1H3/t24-,28+/m0/s1. The van der Waals surface area contributed by atoms with Crippen LogP contribution in [0.1, 0.15) is 27.4 Å². The first-order valence-corrected chi connectivity index (χ1v) is 12.9. The zero-order valence-electron chi connectivity index (χ0n) is 21.4. The topological polar surface area (TPSA) is 36.0 Å². The fourth-order valence-electron chi connectivity index (χ4n) is 5.64. The van der Waals surface area contributed by atoms with Gasteiger partial charge in [0.15, 0.2) is 0 Å². The maximum atomic E-state index is 13.5. The number of nitrogens with zero attached hydrogens (tertiary/aromatic N) is 3. The Bertz CT molecular complexity index is 1240. The van der Waals surface area contributed by atoms with Crippen LogP contribution in [0.3, 0.4) is 0 Å². The van der Waals surface area contributed by atoms with Gasteiger partial charge in [0.05, 0.1) is 12.7 Å². The second-order valence-electron chi connectivity index (χ2n) is 10.1. The highest BCUT2D eigenvalue weighted by molar-refractivity contribution is 5.94. The van der Waals surface area contributed by atoms with E-state index in [1.807, 2.05) is 36.4 Å². The molecule has 3 aromatic carbocycles. The van der Waals surface area contributed by atoms with Crippen molar-refractivity contribution in [1.82, 2.24) is 9.80 Å². The third kappa shape index (κ3) is 5.80. The predicted octanol–water partition coefficient (Wildman–Crippen LogP) is 5.39. The van der Waals surface area contributed by atoms with E-state index in [0.29, 0.717) is 24.2 Å². The third-order valence-corrected chi connectivity index (χ3v) is 7.67. The first-order valence-electron chi connectivity index (χ1n) is 12.9. The Kier molecular flexibility index (Phi) is 7.61. The molecule has 0 radical (unpaired) electrons. The number of carbonyl (C=O) groups excluding carboxylic acids is 1.